The molecule has 0 radical (unpaired) electrons. The molecule has 1 aliphatic heterocycles. The number of hydrogen-bond donors (Lipinski definition) is 1. The second kappa shape index (κ2) is 8.95. The van der Waals surface area contributed by atoms with Crippen molar-refractivity contribution in [3.63, 3.8) is 0 Å². The first-order valence-corrected chi connectivity index (χ1v) is 10.6. The first-order valence-electron chi connectivity index (χ1n) is 10.6. The number of alkyl halides is 3. The summed E-state index contributed by atoms with van der Waals surface area (Å²) >= 11 is 0. The fourth-order valence-corrected chi connectivity index (χ4v) is 3.69. The topological polar surface area (TPSA) is 74.9 Å². The molecule has 35 heavy (non-hydrogen) atoms. The number of fused-ring (bicyclic) bond motifs is 1. The van der Waals surface area contributed by atoms with Crippen LogP contribution in [0.1, 0.15) is 34.8 Å². The number of urea groups is 1. The van der Waals surface area contributed by atoms with E-state index in [2.05, 4.69) is 32.3 Å². The number of rotatable bonds is 2. The van der Waals surface area contributed by atoms with E-state index in [1.165, 1.54) is 17.1 Å². The van der Waals surface area contributed by atoms with E-state index >= 15 is 0 Å². The Morgan fingerprint density at radius 2 is 1.89 bits per heavy atom. The van der Waals surface area contributed by atoms with Gasteiger partial charge in [0.15, 0.2) is 5.65 Å². The Balaban J connectivity index is 1.30. The highest BCUT2D eigenvalue weighted by molar-refractivity contribution is 5.91. The van der Waals surface area contributed by atoms with Crippen LogP contribution in [0.4, 0.5) is 23.7 Å². The molecule has 174 valence electrons. The molecule has 1 atom stereocenters. The first-order chi connectivity index (χ1) is 16.9. The van der Waals surface area contributed by atoms with E-state index in [-0.39, 0.29) is 0 Å². The summed E-state index contributed by atoms with van der Waals surface area (Å²) in [5.41, 5.74) is 2.30. The molecule has 7 nitrogen and oxygen atoms in total. The Hall–Kier alpha value is -4.65. The van der Waals surface area contributed by atoms with E-state index in [0.717, 1.165) is 12.1 Å². The first kappa shape index (κ1) is 22.2. The molecule has 1 aliphatic rings. The minimum absolute atomic E-state index is 0.400. The van der Waals surface area contributed by atoms with Crippen molar-refractivity contribution < 1.29 is 18.0 Å². The van der Waals surface area contributed by atoms with Gasteiger partial charge in [0.25, 0.3) is 0 Å². The lowest BCUT2D eigenvalue weighted by molar-refractivity contribution is -0.137. The highest BCUT2D eigenvalue weighted by Gasteiger charge is 2.32. The molecule has 0 fully saturated rings. The van der Waals surface area contributed by atoms with Crippen LogP contribution in [0.5, 0.6) is 0 Å². The molecular weight excluding hydrogens is 457 g/mol. The van der Waals surface area contributed by atoms with Crippen LogP contribution in [0.25, 0.3) is 5.65 Å². The van der Waals surface area contributed by atoms with Crippen LogP contribution in [0.15, 0.2) is 78.2 Å². The van der Waals surface area contributed by atoms with Crippen molar-refractivity contribution >= 4 is 23.6 Å². The van der Waals surface area contributed by atoms with Crippen molar-refractivity contribution in [1.82, 2.24) is 19.6 Å². The fraction of sp³-hybridized carbons (Fsp3) is 0.120. The number of benzene rings is 2. The number of carbonyl (C=O) groups excluding carboxylic acids is 1. The predicted molar refractivity (Wildman–Crippen MR) is 124 cm³/mol. The molecule has 10 heteroatoms. The summed E-state index contributed by atoms with van der Waals surface area (Å²) in [5.74, 6) is 6.06. The standard InChI is InChI=1S/C25H17F3N6O/c26-25(27,28)19-9-7-18(8-10-19)22-12-14-31-34(22)24(35)32-20-4-1-3-17(15-20)6-11-21-16-29-23-5-2-13-30-33(21)23/h1-5,7-10,13-16,22H,12H2,(H,32,35). The Labute approximate surface area is 197 Å². The normalized spacial score (nSPS) is 15.2. The number of anilines is 1. The average molecular weight is 474 g/mol. The van der Waals surface area contributed by atoms with Gasteiger partial charge in [-0.2, -0.15) is 23.4 Å². The van der Waals surface area contributed by atoms with Gasteiger partial charge in [0.05, 0.1) is 17.8 Å². The van der Waals surface area contributed by atoms with Gasteiger partial charge >= 0.3 is 12.2 Å². The minimum atomic E-state index is -4.42. The van der Waals surface area contributed by atoms with Crippen molar-refractivity contribution in [3.05, 3.63) is 95.4 Å². The summed E-state index contributed by atoms with van der Waals surface area (Å²) in [5, 5.41) is 12.3. The molecule has 1 unspecified atom stereocenters. The van der Waals surface area contributed by atoms with E-state index in [4.69, 9.17) is 0 Å². The van der Waals surface area contributed by atoms with Gasteiger partial charge in [-0.05, 0) is 53.9 Å². The lowest BCUT2D eigenvalue weighted by Crippen LogP contribution is -2.31. The summed E-state index contributed by atoms with van der Waals surface area (Å²) in [6.07, 6.45) is 0.825. The van der Waals surface area contributed by atoms with Crippen LogP contribution in [0.2, 0.25) is 0 Å². The Bertz CT molecular complexity index is 1480. The predicted octanol–water partition coefficient (Wildman–Crippen LogP) is 5.11. The highest BCUT2D eigenvalue weighted by Crippen LogP contribution is 2.33. The number of carbonyl (C=O) groups is 1. The van der Waals surface area contributed by atoms with Crippen LogP contribution >= 0.6 is 0 Å². The van der Waals surface area contributed by atoms with Gasteiger partial charge in [-0.3, -0.25) is 0 Å². The van der Waals surface area contributed by atoms with Crippen molar-refractivity contribution in [2.75, 3.05) is 5.32 Å². The molecule has 1 N–H and O–H groups in total. The van der Waals surface area contributed by atoms with E-state index in [0.29, 0.717) is 34.6 Å². The van der Waals surface area contributed by atoms with Crippen molar-refractivity contribution in [1.29, 1.82) is 0 Å². The highest BCUT2D eigenvalue weighted by atomic mass is 19.4. The Morgan fingerprint density at radius 3 is 2.69 bits per heavy atom. The molecule has 2 amide bonds. The molecule has 4 aromatic rings. The maximum absolute atomic E-state index is 12.9. The van der Waals surface area contributed by atoms with Crippen LogP contribution in [0, 0.1) is 11.8 Å². The zero-order valence-electron chi connectivity index (χ0n) is 18.1. The third-order valence-corrected chi connectivity index (χ3v) is 5.39. The van der Waals surface area contributed by atoms with Gasteiger partial charge in [0.1, 0.15) is 5.69 Å². The van der Waals surface area contributed by atoms with Gasteiger partial charge in [0.2, 0.25) is 0 Å². The number of aromatic nitrogens is 3. The van der Waals surface area contributed by atoms with Crippen molar-refractivity contribution in [2.24, 2.45) is 5.10 Å². The van der Waals surface area contributed by atoms with E-state index in [1.54, 1.807) is 53.5 Å². The zero-order chi connectivity index (χ0) is 24.4. The van der Waals surface area contributed by atoms with E-state index < -0.39 is 23.8 Å². The van der Waals surface area contributed by atoms with Gasteiger partial charge in [0, 0.05) is 30.1 Å². The monoisotopic (exact) mass is 474 g/mol. The second-order valence-corrected chi connectivity index (χ2v) is 7.71. The summed E-state index contributed by atoms with van der Waals surface area (Å²) in [4.78, 5) is 17.1. The number of imidazole rings is 1. The molecule has 5 rings (SSSR count). The second-order valence-electron chi connectivity index (χ2n) is 7.71. The number of nitrogens with one attached hydrogen (secondary N) is 1. The van der Waals surface area contributed by atoms with Crippen LogP contribution < -0.4 is 5.32 Å². The maximum atomic E-state index is 12.9. The minimum Gasteiger partial charge on any atom is -0.306 e. The molecule has 2 aromatic heterocycles. The van der Waals surface area contributed by atoms with Crippen molar-refractivity contribution in [3.8, 4) is 11.8 Å². The summed E-state index contributed by atoms with van der Waals surface area (Å²) in [6, 6.07) is 14.4. The molecular formula is C25H17F3N6O. The summed E-state index contributed by atoms with van der Waals surface area (Å²) in [6.45, 7) is 0. The van der Waals surface area contributed by atoms with Gasteiger partial charge < -0.3 is 5.32 Å². The van der Waals surface area contributed by atoms with E-state index in [1.807, 2.05) is 6.07 Å². The lowest BCUT2D eigenvalue weighted by Gasteiger charge is -2.23. The lowest BCUT2D eigenvalue weighted by atomic mass is 10.0. The average Bonchev–Trinajstić information content (AvgIpc) is 3.50. The largest absolute Gasteiger partial charge is 0.416 e. The number of halogens is 3. The Morgan fingerprint density at radius 1 is 1.06 bits per heavy atom. The van der Waals surface area contributed by atoms with Gasteiger partial charge in [-0.1, -0.05) is 24.1 Å². The van der Waals surface area contributed by atoms with E-state index in [9.17, 15) is 18.0 Å². The maximum Gasteiger partial charge on any atom is 0.416 e. The smallest absolute Gasteiger partial charge is 0.306 e. The quantitative estimate of drug-likeness (QED) is 0.410. The van der Waals surface area contributed by atoms with Crippen molar-refractivity contribution in [2.45, 2.75) is 18.6 Å². The van der Waals surface area contributed by atoms with Gasteiger partial charge in [-0.15, -0.1) is 0 Å². The Kier molecular flexibility index (Phi) is 5.66. The SMILES string of the molecule is O=C(Nc1cccc(C#Cc2cnc3cccnn23)c1)N1N=CCC1c1ccc(C(F)(F)F)cc1. The van der Waals surface area contributed by atoms with Gasteiger partial charge in [-0.25, -0.2) is 19.3 Å². The molecule has 0 saturated heterocycles. The van der Waals surface area contributed by atoms with Crippen LogP contribution in [0.3, 0.4) is 0 Å². The fourth-order valence-electron chi connectivity index (χ4n) is 3.69. The molecule has 0 bridgehead atoms. The van der Waals surface area contributed by atoms with Crippen LogP contribution in [-0.4, -0.2) is 31.9 Å². The number of hydrogen-bond acceptors (Lipinski definition) is 4. The van der Waals surface area contributed by atoms with Crippen LogP contribution in [-0.2, 0) is 6.18 Å². The zero-order valence-corrected chi connectivity index (χ0v) is 18.1. The number of hydrazone groups is 1. The third kappa shape index (κ3) is 4.70. The molecule has 0 spiro atoms. The molecule has 0 aliphatic carbocycles. The summed E-state index contributed by atoms with van der Waals surface area (Å²) in [7, 11) is 0. The molecule has 3 heterocycles. The third-order valence-electron chi connectivity index (χ3n) is 5.39. The number of amides is 2. The molecule has 2 aromatic carbocycles. The number of nitrogens with zero attached hydrogens (tertiary/aromatic N) is 5. The summed E-state index contributed by atoms with van der Waals surface area (Å²) < 4.78 is 40.2. The molecule has 0 saturated carbocycles.